The highest BCUT2D eigenvalue weighted by molar-refractivity contribution is 8.23. The van der Waals surface area contributed by atoms with Crippen LogP contribution in [0.25, 0.3) is 11.1 Å². The Bertz CT molecular complexity index is 798. The van der Waals surface area contributed by atoms with Gasteiger partial charge in [-0.15, -0.1) is 23.5 Å². The van der Waals surface area contributed by atoms with Gasteiger partial charge in [-0.05, 0) is 40.6 Å². The van der Waals surface area contributed by atoms with Crippen molar-refractivity contribution < 1.29 is 9.15 Å². The molecular formula is C17H13NO2S2. The number of thioether (sulfide) groups is 2. The van der Waals surface area contributed by atoms with Crippen molar-refractivity contribution in [2.24, 2.45) is 0 Å². The minimum Gasteiger partial charge on any atom is -0.497 e. The Kier molecular flexibility index (Phi) is 3.39. The van der Waals surface area contributed by atoms with Gasteiger partial charge < -0.3 is 9.15 Å². The Morgan fingerprint density at radius 3 is 2.41 bits per heavy atom. The first-order valence-electron chi connectivity index (χ1n) is 6.83. The number of rotatable bonds is 3. The van der Waals surface area contributed by atoms with Crippen molar-refractivity contribution in [1.29, 1.82) is 0 Å². The molecule has 0 atom stereocenters. The molecule has 1 aliphatic rings. The molecule has 2 aromatic carbocycles. The largest absolute Gasteiger partial charge is 0.497 e. The van der Waals surface area contributed by atoms with Gasteiger partial charge >= 0.3 is 0 Å². The van der Waals surface area contributed by atoms with Crippen molar-refractivity contribution in [2.75, 3.05) is 7.11 Å². The molecule has 22 heavy (non-hydrogen) atoms. The molecule has 0 saturated heterocycles. The third kappa shape index (κ3) is 2.12. The number of ether oxygens (including phenoxy) is 1. The summed E-state index contributed by atoms with van der Waals surface area (Å²) in [4.78, 5) is 4.71. The number of oxazole rings is 1. The predicted molar refractivity (Wildman–Crippen MR) is 92.1 cm³/mol. The summed E-state index contributed by atoms with van der Waals surface area (Å²) < 4.78 is 10.9. The van der Waals surface area contributed by atoms with E-state index in [1.54, 1.807) is 30.6 Å². The summed E-state index contributed by atoms with van der Waals surface area (Å²) in [5.74, 6) is 1.57. The van der Waals surface area contributed by atoms with Crippen LogP contribution in [0.3, 0.4) is 0 Å². The highest BCUT2D eigenvalue weighted by Crippen LogP contribution is 2.57. The Morgan fingerprint density at radius 1 is 1.00 bits per heavy atom. The molecule has 0 unspecified atom stereocenters. The van der Waals surface area contributed by atoms with E-state index in [1.165, 1.54) is 0 Å². The minimum absolute atomic E-state index is 0.370. The van der Waals surface area contributed by atoms with E-state index in [9.17, 15) is 0 Å². The van der Waals surface area contributed by atoms with Gasteiger partial charge in [0.15, 0.2) is 9.66 Å². The van der Waals surface area contributed by atoms with Gasteiger partial charge in [-0.1, -0.05) is 24.3 Å². The summed E-state index contributed by atoms with van der Waals surface area (Å²) in [6.07, 6.45) is 0. The summed E-state index contributed by atoms with van der Waals surface area (Å²) in [6.45, 7) is 0. The lowest BCUT2D eigenvalue weighted by Gasteiger charge is -2.24. The minimum atomic E-state index is -0.370. The van der Waals surface area contributed by atoms with E-state index in [-0.39, 0.29) is 4.08 Å². The summed E-state index contributed by atoms with van der Waals surface area (Å²) in [5, 5.41) is 4.17. The van der Waals surface area contributed by atoms with E-state index in [0.717, 1.165) is 28.3 Å². The number of nitrogens with zero attached hydrogens (tertiary/aromatic N) is 1. The fourth-order valence-corrected chi connectivity index (χ4v) is 4.76. The van der Waals surface area contributed by atoms with Gasteiger partial charge in [0.05, 0.1) is 7.11 Å². The first-order valence-corrected chi connectivity index (χ1v) is 8.59. The molecule has 1 aliphatic heterocycles. The Morgan fingerprint density at radius 2 is 1.73 bits per heavy atom. The summed E-state index contributed by atoms with van der Waals surface area (Å²) >= 11 is 3.42. The van der Waals surface area contributed by atoms with E-state index in [4.69, 9.17) is 14.1 Å². The van der Waals surface area contributed by atoms with Gasteiger partial charge in [-0.3, -0.25) is 0 Å². The molecule has 0 N–H and O–H groups in total. The first-order chi connectivity index (χ1) is 10.8. The zero-order valence-corrected chi connectivity index (χ0v) is 13.5. The Labute approximate surface area is 136 Å². The molecule has 3 aromatic rings. The second-order valence-corrected chi connectivity index (χ2v) is 7.34. The van der Waals surface area contributed by atoms with Crippen LogP contribution in [0.1, 0.15) is 11.5 Å². The average molecular weight is 327 g/mol. The maximum Gasteiger partial charge on any atom is 0.227 e. The topological polar surface area (TPSA) is 35.3 Å². The van der Waals surface area contributed by atoms with E-state index >= 15 is 0 Å². The lowest BCUT2D eigenvalue weighted by Crippen LogP contribution is -2.16. The second kappa shape index (κ2) is 5.41. The Hall–Kier alpha value is -1.85. The highest BCUT2D eigenvalue weighted by Gasteiger charge is 2.42. The van der Waals surface area contributed by atoms with Crippen molar-refractivity contribution in [2.45, 2.75) is 4.08 Å². The Balaban J connectivity index is 1.84. The maximum atomic E-state index is 6.04. The third-order valence-electron chi connectivity index (χ3n) is 3.57. The summed E-state index contributed by atoms with van der Waals surface area (Å²) in [5.41, 5.74) is 2.84. The molecule has 0 radical (unpaired) electrons. The van der Waals surface area contributed by atoms with E-state index in [0.29, 0.717) is 0 Å². The molecule has 0 amide bonds. The molecule has 0 spiro atoms. The maximum absolute atomic E-state index is 6.04. The zero-order valence-electron chi connectivity index (χ0n) is 11.9. The lowest BCUT2D eigenvalue weighted by molar-refractivity contribution is 0.414. The average Bonchev–Trinajstić information content (AvgIpc) is 3.22. The number of hydrogen-bond donors (Lipinski definition) is 0. The van der Waals surface area contributed by atoms with E-state index in [1.807, 2.05) is 36.4 Å². The SMILES string of the molecule is COc1ccc(C2(c3nc4ccccc4o3)SC=CS2)cc1. The monoisotopic (exact) mass is 327 g/mol. The number of fused-ring (bicyclic) bond motifs is 1. The second-order valence-electron chi connectivity index (χ2n) is 4.84. The van der Waals surface area contributed by atoms with E-state index in [2.05, 4.69) is 22.9 Å². The molecule has 4 rings (SSSR count). The van der Waals surface area contributed by atoms with Crippen LogP contribution in [0.2, 0.25) is 0 Å². The zero-order chi connectivity index (χ0) is 15.0. The number of methoxy groups -OCH3 is 1. The van der Waals surface area contributed by atoms with Crippen LogP contribution in [-0.2, 0) is 4.08 Å². The van der Waals surface area contributed by atoms with Gasteiger partial charge in [-0.2, -0.15) is 0 Å². The van der Waals surface area contributed by atoms with E-state index < -0.39 is 0 Å². The molecule has 0 bridgehead atoms. The van der Waals surface area contributed by atoms with Crippen LogP contribution in [0, 0.1) is 0 Å². The molecule has 3 nitrogen and oxygen atoms in total. The fourth-order valence-electron chi connectivity index (χ4n) is 2.46. The van der Waals surface area contributed by atoms with Gasteiger partial charge in [0.1, 0.15) is 11.3 Å². The van der Waals surface area contributed by atoms with Crippen LogP contribution >= 0.6 is 23.5 Å². The quantitative estimate of drug-likeness (QED) is 0.677. The van der Waals surface area contributed by atoms with Crippen LogP contribution < -0.4 is 4.74 Å². The standard InChI is InChI=1S/C17H13NO2S2/c1-19-13-8-6-12(7-9-13)17(21-10-11-22-17)16-18-14-4-2-3-5-15(14)20-16/h2-11H,1H3. The predicted octanol–water partition coefficient (Wildman–Crippen LogP) is 4.99. The third-order valence-corrected chi connectivity index (χ3v) is 6.35. The molecule has 5 heteroatoms. The number of aromatic nitrogens is 1. The fraction of sp³-hybridized carbons (Fsp3) is 0.118. The smallest absolute Gasteiger partial charge is 0.227 e. The van der Waals surface area contributed by atoms with Crippen molar-refractivity contribution in [1.82, 2.24) is 4.98 Å². The molecule has 0 aliphatic carbocycles. The molecule has 110 valence electrons. The highest BCUT2D eigenvalue weighted by atomic mass is 32.2. The van der Waals surface area contributed by atoms with Gasteiger partial charge in [0, 0.05) is 0 Å². The molecular weight excluding hydrogens is 314 g/mol. The summed E-state index contributed by atoms with van der Waals surface area (Å²) in [7, 11) is 1.67. The van der Waals surface area contributed by atoms with Crippen LogP contribution in [0.4, 0.5) is 0 Å². The van der Waals surface area contributed by atoms with Crippen LogP contribution in [0.15, 0.2) is 63.8 Å². The number of benzene rings is 2. The van der Waals surface area contributed by atoms with Crippen molar-refractivity contribution in [3.05, 3.63) is 70.8 Å². The van der Waals surface area contributed by atoms with Crippen molar-refractivity contribution >= 4 is 34.6 Å². The first kappa shape index (κ1) is 13.8. The number of hydrogen-bond acceptors (Lipinski definition) is 5. The lowest BCUT2D eigenvalue weighted by atomic mass is 10.1. The molecule has 0 saturated carbocycles. The normalized spacial score (nSPS) is 16.2. The van der Waals surface area contributed by atoms with Crippen LogP contribution in [0.5, 0.6) is 5.75 Å². The van der Waals surface area contributed by atoms with Crippen LogP contribution in [-0.4, -0.2) is 12.1 Å². The van der Waals surface area contributed by atoms with Gasteiger partial charge in [-0.25, -0.2) is 4.98 Å². The number of para-hydroxylation sites is 2. The summed E-state index contributed by atoms with van der Waals surface area (Å²) in [6, 6.07) is 15.9. The molecule has 2 heterocycles. The molecule has 0 fully saturated rings. The van der Waals surface area contributed by atoms with Gasteiger partial charge in [0.25, 0.3) is 0 Å². The van der Waals surface area contributed by atoms with Crippen molar-refractivity contribution in [3.63, 3.8) is 0 Å². The van der Waals surface area contributed by atoms with Crippen molar-refractivity contribution in [3.8, 4) is 5.75 Å². The van der Waals surface area contributed by atoms with Gasteiger partial charge in [0.2, 0.25) is 5.89 Å². The molecule has 1 aromatic heterocycles.